The molecule has 2 aliphatic carbocycles. The molecule has 25 heavy (non-hydrogen) atoms. The maximum absolute atomic E-state index is 13.1. The number of nitrogens with zero attached hydrogens (tertiary/aromatic N) is 1. The normalized spacial score (nSPS) is 18.4. The van der Waals surface area contributed by atoms with Crippen molar-refractivity contribution in [2.24, 2.45) is 4.99 Å². The van der Waals surface area contributed by atoms with Crippen LogP contribution in [0.1, 0.15) is 70.6 Å². The predicted molar refractivity (Wildman–Crippen MR) is 107 cm³/mol. The number of amides is 1. The van der Waals surface area contributed by atoms with Gasteiger partial charge in [-0.05, 0) is 55.5 Å². The highest BCUT2D eigenvalue weighted by Crippen LogP contribution is 2.40. The third-order valence-corrected chi connectivity index (χ3v) is 7.18. The van der Waals surface area contributed by atoms with Crippen molar-refractivity contribution >= 4 is 39.8 Å². The fraction of sp³-hybridized carbons (Fsp3) is 0.500. The molecule has 2 aliphatic rings. The first-order valence-corrected chi connectivity index (χ1v) is 11.0. The van der Waals surface area contributed by atoms with E-state index in [-0.39, 0.29) is 5.91 Å². The van der Waals surface area contributed by atoms with Crippen molar-refractivity contribution in [1.29, 1.82) is 0 Å². The highest BCUT2D eigenvalue weighted by molar-refractivity contribution is 7.16. The van der Waals surface area contributed by atoms with Gasteiger partial charge in [0.2, 0.25) is 0 Å². The molecule has 0 spiro atoms. The molecule has 0 bridgehead atoms. The third kappa shape index (κ3) is 3.87. The molecule has 4 rings (SSSR count). The standard InChI is InChI=1S/C20H24N2OS2/c23-19(22-14-7-2-1-3-8-14)18-16-10-4-5-11-17(16)25-20(18)21-13-15-9-6-12-24-15/h6,9,12-14H,1-5,7-8,10-11H2,(H,22,23)/b21-13-. The van der Waals surface area contributed by atoms with Crippen LogP contribution in [0.5, 0.6) is 0 Å². The Morgan fingerprint density at radius 2 is 2.00 bits per heavy atom. The lowest BCUT2D eigenvalue weighted by molar-refractivity contribution is 0.0927. The van der Waals surface area contributed by atoms with Gasteiger partial charge in [0, 0.05) is 22.0 Å². The minimum absolute atomic E-state index is 0.102. The predicted octanol–water partition coefficient (Wildman–Crippen LogP) is 5.50. The van der Waals surface area contributed by atoms with E-state index in [9.17, 15) is 4.79 Å². The fourth-order valence-electron chi connectivity index (χ4n) is 3.87. The van der Waals surface area contributed by atoms with E-state index in [4.69, 9.17) is 4.99 Å². The second-order valence-corrected chi connectivity index (χ2v) is 9.04. The summed E-state index contributed by atoms with van der Waals surface area (Å²) in [5.74, 6) is 0.102. The molecule has 3 nitrogen and oxygen atoms in total. The number of carbonyl (C=O) groups excluding carboxylic acids is 1. The molecule has 2 aromatic heterocycles. The van der Waals surface area contributed by atoms with Crippen molar-refractivity contribution in [2.45, 2.75) is 63.8 Å². The van der Waals surface area contributed by atoms with Crippen molar-refractivity contribution in [3.8, 4) is 0 Å². The fourth-order valence-corrected chi connectivity index (χ4v) is 5.68. The first kappa shape index (κ1) is 17.0. The summed E-state index contributed by atoms with van der Waals surface area (Å²) in [6.07, 6.45) is 12.4. The van der Waals surface area contributed by atoms with Gasteiger partial charge in [-0.25, -0.2) is 4.99 Å². The minimum Gasteiger partial charge on any atom is -0.349 e. The lowest BCUT2D eigenvalue weighted by Crippen LogP contribution is -2.36. The quantitative estimate of drug-likeness (QED) is 0.707. The summed E-state index contributed by atoms with van der Waals surface area (Å²) < 4.78 is 0. The largest absolute Gasteiger partial charge is 0.349 e. The van der Waals surface area contributed by atoms with Crippen LogP contribution in [0.15, 0.2) is 22.5 Å². The number of aryl methyl sites for hydroxylation is 1. The van der Waals surface area contributed by atoms with E-state index < -0.39 is 0 Å². The Morgan fingerprint density at radius 1 is 1.16 bits per heavy atom. The van der Waals surface area contributed by atoms with Crippen LogP contribution in [-0.4, -0.2) is 18.2 Å². The van der Waals surface area contributed by atoms with Crippen LogP contribution in [0.3, 0.4) is 0 Å². The summed E-state index contributed by atoms with van der Waals surface area (Å²) in [5, 5.41) is 6.25. The topological polar surface area (TPSA) is 41.5 Å². The van der Waals surface area contributed by atoms with Crippen LogP contribution in [0.4, 0.5) is 5.00 Å². The summed E-state index contributed by atoms with van der Waals surface area (Å²) in [6, 6.07) is 4.43. The van der Waals surface area contributed by atoms with Gasteiger partial charge in [-0.3, -0.25) is 4.79 Å². The summed E-state index contributed by atoms with van der Waals surface area (Å²) in [7, 11) is 0. The Balaban J connectivity index is 1.61. The van der Waals surface area contributed by atoms with E-state index in [1.807, 2.05) is 12.3 Å². The van der Waals surface area contributed by atoms with Gasteiger partial charge in [-0.2, -0.15) is 0 Å². The zero-order valence-corrected chi connectivity index (χ0v) is 16.1. The Kier molecular flexibility index (Phi) is 5.32. The van der Waals surface area contributed by atoms with Crippen molar-refractivity contribution in [1.82, 2.24) is 5.32 Å². The molecular formula is C20H24N2OS2. The molecule has 1 amide bonds. The van der Waals surface area contributed by atoms with E-state index in [1.165, 1.54) is 42.5 Å². The number of fused-ring (bicyclic) bond motifs is 1. The summed E-state index contributed by atoms with van der Waals surface area (Å²) >= 11 is 3.39. The number of rotatable bonds is 4. The van der Waals surface area contributed by atoms with E-state index >= 15 is 0 Å². The van der Waals surface area contributed by atoms with E-state index in [0.717, 1.165) is 41.1 Å². The van der Waals surface area contributed by atoms with Gasteiger partial charge in [0.1, 0.15) is 5.00 Å². The van der Waals surface area contributed by atoms with Gasteiger partial charge in [0.15, 0.2) is 0 Å². The average molecular weight is 373 g/mol. The number of carbonyl (C=O) groups is 1. The zero-order valence-electron chi connectivity index (χ0n) is 14.4. The van der Waals surface area contributed by atoms with E-state index in [1.54, 1.807) is 22.7 Å². The van der Waals surface area contributed by atoms with Crippen molar-refractivity contribution in [2.75, 3.05) is 0 Å². The molecular weight excluding hydrogens is 348 g/mol. The van der Waals surface area contributed by atoms with Crippen LogP contribution in [-0.2, 0) is 12.8 Å². The van der Waals surface area contributed by atoms with Crippen molar-refractivity contribution in [3.05, 3.63) is 38.4 Å². The van der Waals surface area contributed by atoms with Crippen LogP contribution >= 0.6 is 22.7 Å². The Hall–Kier alpha value is -1.46. The number of thiophene rings is 2. The monoisotopic (exact) mass is 372 g/mol. The van der Waals surface area contributed by atoms with E-state index in [2.05, 4.69) is 16.8 Å². The summed E-state index contributed by atoms with van der Waals surface area (Å²) in [5.41, 5.74) is 2.13. The molecule has 5 heteroatoms. The third-order valence-electron chi connectivity index (χ3n) is 5.17. The highest BCUT2D eigenvalue weighted by Gasteiger charge is 2.27. The molecule has 0 aliphatic heterocycles. The summed E-state index contributed by atoms with van der Waals surface area (Å²) in [4.78, 5) is 20.3. The lowest BCUT2D eigenvalue weighted by atomic mass is 9.93. The Morgan fingerprint density at radius 3 is 2.80 bits per heavy atom. The van der Waals surface area contributed by atoms with Gasteiger partial charge < -0.3 is 5.32 Å². The molecule has 0 atom stereocenters. The molecule has 1 saturated carbocycles. The first-order valence-electron chi connectivity index (χ1n) is 9.34. The van der Waals surface area contributed by atoms with Gasteiger partial charge in [0.05, 0.1) is 5.56 Å². The van der Waals surface area contributed by atoms with E-state index in [0.29, 0.717) is 6.04 Å². The first-order chi connectivity index (χ1) is 12.3. The maximum atomic E-state index is 13.1. The number of hydrogen-bond donors (Lipinski definition) is 1. The second kappa shape index (κ2) is 7.83. The van der Waals surface area contributed by atoms with Gasteiger partial charge in [-0.1, -0.05) is 25.3 Å². The van der Waals surface area contributed by atoms with Crippen LogP contribution in [0, 0.1) is 0 Å². The van der Waals surface area contributed by atoms with Gasteiger partial charge in [0.25, 0.3) is 5.91 Å². The zero-order chi connectivity index (χ0) is 17.1. The lowest BCUT2D eigenvalue weighted by Gasteiger charge is -2.23. The van der Waals surface area contributed by atoms with Crippen molar-refractivity contribution in [3.63, 3.8) is 0 Å². The molecule has 132 valence electrons. The Labute approximate surface area is 157 Å². The minimum atomic E-state index is 0.102. The molecule has 1 fully saturated rings. The maximum Gasteiger partial charge on any atom is 0.254 e. The van der Waals surface area contributed by atoms with Crippen LogP contribution in [0.25, 0.3) is 0 Å². The second-order valence-electron chi connectivity index (χ2n) is 6.97. The molecule has 0 radical (unpaired) electrons. The number of nitrogens with one attached hydrogen (secondary N) is 1. The molecule has 0 aromatic carbocycles. The molecule has 1 N–H and O–H groups in total. The average Bonchev–Trinajstić information content (AvgIpc) is 3.28. The van der Waals surface area contributed by atoms with Gasteiger partial charge in [-0.15, -0.1) is 22.7 Å². The molecule has 0 saturated heterocycles. The number of aliphatic imine (C=N–C) groups is 1. The highest BCUT2D eigenvalue weighted by atomic mass is 32.1. The molecule has 2 heterocycles. The van der Waals surface area contributed by atoms with Crippen LogP contribution < -0.4 is 5.32 Å². The Bertz CT molecular complexity index is 755. The SMILES string of the molecule is O=C(NC1CCCCC1)c1c(/N=C\c2cccs2)sc2c1CCCC2. The van der Waals surface area contributed by atoms with Crippen molar-refractivity contribution < 1.29 is 4.79 Å². The molecule has 2 aromatic rings. The summed E-state index contributed by atoms with van der Waals surface area (Å²) in [6.45, 7) is 0. The van der Waals surface area contributed by atoms with Gasteiger partial charge >= 0.3 is 0 Å². The number of hydrogen-bond acceptors (Lipinski definition) is 4. The molecule has 0 unspecified atom stereocenters. The van der Waals surface area contributed by atoms with Crippen LogP contribution in [0.2, 0.25) is 0 Å². The smallest absolute Gasteiger partial charge is 0.254 e.